The van der Waals surface area contributed by atoms with Crippen LogP contribution in [0.4, 0.5) is 0 Å². The third-order valence-electron chi connectivity index (χ3n) is 11.0. The Hall–Kier alpha value is -4.97. The quantitative estimate of drug-likeness (QED) is 0.0262. The highest BCUT2D eigenvalue weighted by Gasteiger charge is 2.19. The lowest BCUT2D eigenvalue weighted by molar-refractivity contribution is -0.166. The maximum absolute atomic E-state index is 12.8. The van der Waals surface area contributed by atoms with Crippen molar-refractivity contribution in [3.05, 3.63) is 158 Å². The number of esters is 3. The van der Waals surface area contributed by atoms with Crippen molar-refractivity contribution in [1.82, 2.24) is 0 Å². The molecule has 0 aliphatic heterocycles. The summed E-state index contributed by atoms with van der Waals surface area (Å²) in [6, 6.07) is 0. The maximum Gasteiger partial charge on any atom is 0.306 e. The van der Waals surface area contributed by atoms with Gasteiger partial charge in [-0.25, -0.2) is 0 Å². The zero-order valence-corrected chi connectivity index (χ0v) is 45.2. The van der Waals surface area contributed by atoms with E-state index < -0.39 is 6.10 Å². The van der Waals surface area contributed by atoms with E-state index >= 15 is 0 Å². The van der Waals surface area contributed by atoms with E-state index in [0.717, 1.165) is 135 Å². The van der Waals surface area contributed by atoms with Gasteiger partial charge >= 0.3 is 17.9 Å². The van der Waals surface area contributed by atoms with E-state index in [1.807, 2.05) is 12.2 Å². The summed E-state index contributed by atoms with van der Waals surface area (Å²) in [6.07, 6.45) is 83.8. The minimum atomic E-state index is -0.841. The van der Waals surface area contributed by atoms with E-state index in [1.165, 1.54) is 25.7 Å². The maximum atomic E-state index is 12.8. The average molecular weight is 978 g/mol. The van der Waals surface area contributed by atoms with E-state index in [0.29, 0.717) is 19.3 Å². The second kappa shape index (κ2) is 57.6. The molecule has 0 radical (unpaired) electrons. The van der Waals surface area contributed by atoms with Gasteiger partial charge < -0.3 is 14.2 Å². The summed E-state index contributed by atoms with van der Waals surface area (Å²) in [5, 5.41) is 0. The molecule has 0 aromatic heterocycles. The van der Waals surface area contributed by atoms with Crippen molar-refractivity contribution >= 4 is 17.9 Å². The molecule has 396 valence electrons. The molecule has 1 atom stereocenters. The van der Waals surface area contributed by atoms with Gasteiger partial charge in [0.2, 0.25) is 0 Å². The van der Waals surface area contributed by atoms with Crippen LogP contribution in [-0.2, 0) is 28.6 Å². The van der Waals surface area contributed by atoms with Gasteiger partial charge in [0.05, 0.1) is 0 Å². The van der Waals surface area contributed by atoms with Gasteiger partial charge in [-0.1, -0.05) is 217 Å². The first kappa shape index (κ1) is 66.0. The largest absolute Gasteiger partial charge is 0.462 e. The van der Waals surface area contributed by atoms with Crippen LogP contribution in [0.1, 0.15) is 213 Å². The highest BCUT2D eigenvalue weighted by molar-refractivity contribution is 5.71. The minimum Gasteiger partial charge on any atom is -0.462 e. The first-order chi connectivity index (χ1) is 35.0. The van der Waals surface area contributed by atoms with E-state index in [2.05, 4.69) is 167 Å². The molecule has 71 heavy (non-hydrogen) atoms. The Labute approximate surface area is 435 Å². The van der Waals surface area contributed by atoms with Crippen LogP contribution in [0.15, 0.2) is 158 Å². The summed E-state index contributed by atoms with van der Waals surface area (Å²) in [5.74, 6) is -1.07. The molecule has 0 aliphatic carbocycles. The Morgan fingerprint density at radius 3 is 0.958 bits per heavy atom. The summed E-state index contributed by atoms with van der Waals surface area (Å²) < 4.78 is 16.7. The van der Waals surface area contributed by atoms with Crippen molar-refractivity contribution in [1.29, 1.82) is 0 Å². The van der Waals surface area contributed by atoms with Crippen LogP contribution in [0, 0.1) is 0 Å². The molecule has 6 heteroatoms. The Balaban J connectivity index is 4.63. The van der Waals surface area contributed by atoms with E-state index in [1.54, 1.807) is 0 Å². The average Bonchev–Trinajstić information content (AvgIpc) is 3.37. The fourth-order valence-corrected chi connectivity index (χ4v) is 6.88. The summed E-state index contributed by atoms with van der Waals surface area (Å²) in [6.45, 7) is 6.26. The SMILES string of the molecule is CC/C=C\C/C=C\C/C=C\C/C=C\C/C=C\C/C=C\CCC(=O)OC[C@@H](COC(=O)CCCCCCC/C=C\C/C=C\CCCCC)OC(=O)CCCCC/C=C\C/C=C\C/C=C\C/C=C\C/C=C\CC. The Bertz CT molecular complexity index is 1640. The smallest absolute Gasteiger partial charge is 0.306 e. The molecule has 0 N–H and O–H groups in total. The van der Waals surface area contributed by atoms with Gasteiger partial charge in [0.25, 0.3) is 0 Å². The number of allylic oxidation sites excluding steroid dienone is 26. The van der Waals surface area contributed by atoms with Crippen molar-refractivity contribution in [2.45, 2.75) is 219 Å². The lowest BCUT2D eigenvalue weighted by Gasteiger charge is -2.18. The standard InChI is InChI=1S/C65H100O6/c1-4-7-10-13-16-19-22-25-28-30-32-34-37-40-43-46-49-52-55-58-64(67)70-61-62(60-69-63(66)57-54-51-48-45-42-39-36-27-24-21-18-15-12-9-6-3)71-65(68)59-56-53-50-47-44-41-38-35-33-31-29-26-23-20-17-14-11-8-5-2/h7-8,10-11,16-21,25-29,32-36,40-41,43-44,49,52,62H,4-6,9,12-15,22-24,30-31,37-39,42,45-48,50-51,53-61H2,1-3H3/b10-7-,11-8-,19-16-,20-17-,21-18-,28-25-,29-26-,34-32-,35-33-,36-27-,43-40-,44-41-,52-49-/t62-/m1/s1. The van der Waals surface area contributed by atoms with Gasteiger partial charge in [0, 0.05) is 19.3 Å². The van der Waals surface area contributed by atoms with Crippen molar-refractivity contribution < 1.29 is 28.6 Å². The summed E-state index contributed by atoms with van der Waals surface area (Å²) in [7, 11) is 0. The van der Waals surface area contributed by atoms with Gasteiger partial charge in [-0.2, -0.15) is 0 Å². The highest BCUT2D eigenvalue weighted by atomic mass is 16.6. The first-order valence-electron chi connectivity index (χ1n) is 28.0. The summed E-state index contributed by atoms with van der Waals surface area (Å²) >= 11 is 0. The molecule has 0 unspecified atom stereocenters. The number of carbonyl (C=O) groups is 3. The fraction of sp³-hybridized carbons (Fsp3) is 0.554. The van der Waals surface area contributed by atoms with Crippen LogP contribution in [0.3, 0.4) is 0 Å². The van der Waals surface area contributed by atoms with E-state index in [4.69, 9.17) is 14.2 Å². The molecule has 0 aromatic carbocycles. The molecule has 0 bridgehead atoms. The summed E-state index contributed by atoms with van der Waals surface area (Å²) in [4.78, 5) is 38.1. The van der Waals surface area contributed by atoms with Crippen LogP contribution >= 0.6 is 0 Å². The molecule has 0 aliphatic rings. The first-order valence-corrected chi connectivity index (χ1v) is 28.0. The molecular weight excluding hydrogens is 877 g/mol. The predicted molar refractivity (Wildman–Crippen MR) is 306 cm³/mol. The second-order valence-corrected chi connectivity index (χ2v) is 17.7. The molecule has 0 amide bonds. The van der Waals surface area contributed by atoms with Crippen molar-refractivity contribution in [2.75, 3.05) is 13.2 Å². The summed E-state index contributed by atoms with van der Waals surface area (Å²) in [5.41, 5.74) is 0. The molecule has 0 aromatic rings. The number of hydrogen-bond donors (Lipinski definition) is 0. The van der Waals surface area contributed by atoms with E-state index in [-0.39, 0.29) is 44.0 Å². The number of hydrogen-bond acceptors (Lipinski definition) is 6. The minimum absolute atomic E-state index is 0.130. The molecule has 6 nitrogen and oxygen atoms in total. The molecule has 0 fully saturated rings. The van der Waals surface area contributed by atoms with E-state index in [9.17, 15) is 14.4 Å². The van der Waals surface area contributed by atoms with Crippen molar-refractivity contribution in [2.24, 2.45) is 0 Å². The molecule has 0 saturated carbocycles. The number of rotatable bonds is 48. The highest BCUT2D eigenvalue weighted by Crippen LogP contribution is 2.12. The number of ether oxygens (including phenoxy) is 3. The number of carbonyl (C=O) groups excluding carboxylic acids is 3. The Morgan fingerprint density at radius 1 is 0.296 bits per heavy atom. The van der Waals surface area contributed by atoms with Gasteiger partial charge in [0.1, 0.15) is 13.2 Å². The van der Waals surface area contributed by atoms with Crippen LogP contribution in [0.25, 0.3) is 0 Å². The lowest BCUT2D eigenvalue weighted by atomic mass is 10.1. The van der Waals surface area contributed by atoms with Gasteiger partial charge in [-0.3, -0.25) is 14.4 Å². The molecule has 0 spiro atoms. The molecule has 0 heterocycles. The van der Waals surface area contributed by atoms with Crippen molar-refractivity contribution in [3.63, 3.8) is 0 Å². The molecular formula is C65H100O6. The zero-order valence-electron chi connectivity index (χ0n) is 45.2. The second-order valence-electron chi connectivity index (χ2n) is 17.7. The monoisotopic (exact) mass is 977 g/mol. The van der Waals surface area contributed by atoms with Crippen molar-refractivity contribution in [3.8, 4) is 0 Å². The van der Waals surface area contributed by atoms with Gasteiger partial charge in [0.15, 0.2) is 6.10 Å². The molecule has 0 saturated heterocycles. The van der Waals surface area contributed by atoms with Crippen LogP contribution in [0.5, 0.6) is 0 Å². The topological polar surface area (TPSA) is 78.9 Å². The normalized spacial score (nSPS) is 13.3. The number of unbranched alkanes of at least 4 members (excludes halogenated alkanes) is 11. The van der Waals surface area contributed by atoms with Crippen LogP contribution < -0.4 is 0 Å². The molecule has 0 rings (SSSR count). The van der Waals surface area contributed by atoms with Gasteiger partial charge in [-0.05, 0) is 135 Å². The third-order valence-corrected chi connectivity index (χ3v) is 11.0. The Kier molecular flexibility index (Phi) is 53.6. The predicted octanol–water partition coefficient (Wildman–Crippen LogP) is 19.0. The lowest BCUT2D eigenvalue weighted by Crippen LogP contribution is -2.30. The van der Waals surface area contributed by atoms with Crippen LogP contribution in [0.2, 0.25) is 0 Å². The third kappa shape index (κ3) is 55.8. The zero-order chi connectivity index (χ0) is 51.4. The Morgan fingerprint density at radius 2 is 0.577 bits per heavy atom. The van der Waals surface area contributed by atoms with Crippen LogP contribution in [-0.4, -0.2) is 37.2 Å². The fourth-order valence-electron chi connectivity index (χ4n) is 6.88. The van der Waals surface area contributed by atoms with Gasteiger partial charge in [-0.15, -0.1) is 0 Å².